The number of methoxy groups -OCH3 is 1. The van der Waals surface area contributed by atoms with Crippen LogP contribution in [0.1, 0.15) is 5.56 Å². The molecule has 17 heavy (non-hydrogen) atoms. The van der Waals surface area contributed by atoms with E-state index < -0.39 is 5.24 Å². The number of allylic oxidation sites excluding steroid dienone is 1. The molecule has 0 heterocycles. The normalized spacial score (nSPS) is 11.8. The van der Waals surface area contributed by atoms with E-state index in [9.17, 15) is 4.79 Å². The number of nitrogens with zero attached hydrogens (tertiary/aromatic N) is 1. The first-order chi connectivity index (χ1) is 8.17. The zero-order chi connectivity index (χ0) is 12.7. The molecular formula is C12H13ClN2O2. The maximum atomic E-state index is 10.8. The predicted molar refractivity (Wildman–Crippen MR) is 68.3 cm³/mol. The summed E-state index contributed by atoms with van der Waals surface area (Å²) in [4.78, 5) is 14.9. The smallest absolute Gasteiger partial charge is 0.255 e. The molecule has 90 valence electrons. The number of hydrogen-bond donors (Lipinski definition) is 1. The largest absolute Gasteiger partial charge is 0.497 e. The molecule has 0 bridgehead atoms. The number of carbonyl (C=O) groups is 1. The van der Waals surface area contributed by atoms with Crippen LogP contribution in [0.4, 0.5) is 0 Å². The Morgan fingerprint density at radius 1 is 1.47 bits per heavy atom. The van der Waals surface area contributed by atoms with Gasteiger partial charge in [0.25, 0.3) is 5.24 Å². The van der Waals surface area contributed by atoms with Crippen LogP contribution in [0.25, 0.3) is 0 Å². The highest BCUT2D eigenvalue weighted by Gasteiger charge is 2.00. The second-order valence-electron chi connectivity index (χ2n) is 3.21. The predicted octanol–water partition coefficient (Wildman–Crippen LogP) is 1.87. The van der Waals surface area contributed by atoms with Crippen LogP contribution in [0, 0.1) is 0 Å². The van der Waals surface area contributed by atoms with Crippen molar-refractivity contribution >= 4 is 23.1 Å². The van der Waals surface area contributed by atoms with Crippen LogP contribution in [0.15, 0.2) is 41.0 Å². The highest BCUT2D eigenvalue weighted by Crippen LogP contribution is 2.11. The van der Waals surface area contributed by atoms with Crippen LogP contribution in [0.2, 0.25) is 0 Å². The van der Waals surface area contributed by atoms with Crippen molar-refractivity contribution in [2.75, 3.05) is 7.11 Å². The fraction of sp³-hybridized carbons (Fsp3) is 0.167. The lowest BCUT2D eigenvalue weighted by molar-refractivity contribution is -0.108. The molecule has 0 fully saturated rings. The molecule has 0 spiro atoms. The third-order valence-corrected chi connectivity index (χ3v) is 2.29. The summed E-state index contributed by atoms with van der Waals surface area (Å²) >= 11 is 5.27. The minimum absolute atomic E-state index is 0.181. The average Bonchev–Trinajstić information content (AvgIpc) is 2.35. The van der Waals surface area contributed by atoms with Gasteiger partial charge in [-0.3, -0.25) is 9.79 Å². The zero-order valence-electron chi connectivity index (χ0n) is 9.39. The molecular weight excluding hydrogens is 240 g/mol. The van der Waals surface area contributed by atoms with Crippen LogP contribution in [-0.2, 0) is 11.3 Å². The van der Waals surface area contributed by atoms with E-state index in [1.807, 2.05) is 24.3 Å². The Kier molecular flexibility index (Phi) is 5.23. The molecule has 0 aliphatic rings. The molecule has 0 saturated heterocycles. The second-order valence-corrected chi connectivity index (χ2v) is 3.56. The van der Waals surface area contributed by atoms with Crippen molar-refractivity contribution in [3.8, 4) is 5.75 Å². The Bertz CT molecular complexity index is 438. The van der Waals surface area contributed by atoms with Gasteiger partial charge in [0.1, 0.15) is 5.75 Å². The number of rotatable bonds is 5. The summed E-state index contributed by atoms with van der Waals surface area (Å²) in [7, 11) is 1.61. The third-order valence-electron chi connectivity index (χ3n) is 2.07. The highest BCUT2D eigenvalue weighted by molar-refractivity contribution is 6.69. The Labute approximate surface area is 105 Å². The van der Waals surface area contributed by atoms with E-state index in [1.165, 1.54) is 6.21 Å². The van der Waals surface area contributed by atoms with E-state index in [0.717, 1.165) is 17.5 Å². The van der Waals surface area contributed by atoms with Crippen molar-refractivity contribution in [2.24, 2.45) is 10.7 Å². The van der Waals surface area contributed by atoms with Crippen LogP contribution < -0.4 is 10.5 Å². The Morgan fingerprint density at radius 2 is 2.12 bits per heavy atom. The summed E-state index contributed by atoms with van der Waals surface area (Å²) in [6.07, 6.45) is 2.49. The molecule has 1 aromatic rings. The lowest BCUT2D eigenvalue weighted by atomic mass is 10.2. The van der Waals surface area contributed by atoms with E-state index in [-0.39, 0.29) is 5.57 Å². The first kappa shape index (κ1) is 13.3. The topological polar surface area (TPSA) is 64.7 Å². The van der Waals surface area contributed by atoms with Gasteiger partial charge in [0.2, 0.25) is 0 Å². The Morgan fingerprint density at radius 3 is 2.59 bits per heavy atom. The molecule has 2 N–H and O–H groups in total. The van der Waals surface area contributed by atoms with Crippen molar-refractivity contribution in [1.29, 1.82) is 0 Å². The van der Waals surface area contributed by atoms with E-state index in [2.05, 4.69) is 4.99 Å². The standard InChI is InChI=1S/C12H13ClN2O2/c1-17-11-4-2-9(3-5-11)7-15-8-10(6-14)12(13)16/h2-6,8H,7,14H2,1H3. The minimum Gasteiger partial charge on any atom is -0.497 e. The fourth-order valence-corrected chi connectivity index (χ4v) is 1.25. The number of nitrogens with two attached hydrogens (primary N) is 1. The third kappa shape index (κ3) is 4.28. The van der Waals surface area contributed by atoms with E-state index in [1.54, 1.807) is 7.11 Å². The molecule has 0 radical (unpaired) electrons. The summed E-state index contributed by atoms with van der Waals surface area (Å²) in [5.41, 5.74) is 6.40. The van der Waals surface area contributed by atoms with Gasteiger partial charge in [-0.25, -0.2) is 0 Å². The van der Waals surface area contributed by atoms with Crippen molar-refractivity contribution in [1.82, 2.24) is 0 Å². The van der Waals surface area contributed by atoms with Crippen molar-refractivity contribution in [2.45, 2.75) is 6.54 Å². The summed E-state index contributed by atoms with van der Waals surface area (Å²) in [5.74, 6) is 0.788. The summed E-state index contributed by atoms with van der Waals surface area (Å²) in [6, 6.07) is 7.48. The van der Waals surface area contributed by atoms with Gasteiger partial charge >= 0.3 is 0 Å². The van der Waals surface area contributed by atoms with E-state index in [0.29, 0.717) is 6.54 Å². The maximum absolute atomic E-state index is 10.8. The summed E-state index contributed by atoms with van der Waals surface area (Å²) in [5, 5.41) is -0.619. The van der Waals surface area contributed by atoms with Gasteiger partial charge in [-0.05, 0) is 29.3 Å². The van der Waals surface area contributed by atoms with Gasteiger partial charge < -0.3 is 10.5 Å². The number of halogens is 1. The first-order valence-corrected chi connectivity index (χ1v) is 5.29. The molecule has 1 rings (SSSR count). The molecule has 0 amide bonds. The van der Waals surface area contributed by atoms with E-state index >= 15 is 0 Å². The zero-order valence-corrected chi connectivity index (χ0v) is 10.1. The average molecular weight is 253 g/mol. The van der Waals surface area contributed by atoms with Gasteiger partial charge in [-0.1, -0.05) is 12.1 Å². The van der Waals surface area contributed by atoms with Gasteiger partial charge in [-0.2, -0.15) is 0 Å². The van der Waals surface area contributed by atoms with Crippen LogP contribution in [0.5, 0.6) is 5.75 Å². The summed E-state index contributed by atoms with van der Waals surface area (Å²) < 4.78 is 5.03. The lowest BCUT2D eigenvalue weighted by Crippen LogP contribution is -1.99. The van der Waals surface area contributed by atoms with Gasteiger partial charge in [0.15, 0.2) is 0 Å². The highest BCUT2D eigenvalue weighted by atomic mass is 35.5. The molecule has 0 saturated carbocycles. The molecule has 5 heteroatoms. The van der Waals surface area contributed by atoms with Crippen LogP contribution in [-0.4, -0.2) is 18.6 Å². The Hall–Kier alpha value is -1.81. The molecule has 0 aliphatic heterocycles. The molecule has 4 nitrogen and oxygen atoms in total. The minimum atomic E-state index is -0.619. The van der Waals surface area contributed by atoms with Crippen LogP contribution >= 0.6 is 11.6 Å². The molecule has 0 unspecified atom stereocenters. The number of benzene rings is 1. The molecule has 0 atom stereocenters. The molecule has 1 aromatic carbocycles. The van der Waals surface area contributed by atoms with E-state index in [4.69, 9.17) is 22.1 Å². The fourth-order valence-electron chi connectivity index (χ4n) is 1.14. The Balaban J connectivity index is 2.60. The molecule has 0 aliphatic carbocycles. The van der Waals surface area contributed by atoms with Gasteiger partial charge in [-0.15, -0.1) is 0 Å². The van der Waals surface area contributed by atoms with Gasteiger partial charge in [0, 0.05) is 12.4 Å². The first-order valence-electron chi connectivity index (χ1n) is 4.92. The monoisotopic (exact) mass is 252 g/mol. The number of ether oxygens (including phenoxy) is 1. The van der Waals surface area contributed by atoms with Crippen molar-refractivity contribution in [3.05, 3.63) is 41.6 Å². The number of aliphatic imine (C=N–C) groups is 1. The van der Waals surface area contributed by atoms with Gasteiger partial charge in [0.05, 0.1) is 19.2 Å². The SMILES string of the molecule is COc1ccc(CN=CC(=CN)C(=O)Cl)cc1. The number of carbonyl (C=O) groups excluding carboxylic acids is 1. The lowest BCUT2D eigenvalue weighted by Gasteiger charge is -2.00. The quantitative estimate of drug-likeness (QED) is 0.494. The molecule has 0 aromatic heterocycles. The summed E-state index contributed by atoms with van der Waals surface area (Å²) in [6.45, 7) is 0.450. The number of hydrogen-bond acceptors (Lipinski definition) is 4. The maximum Gasteiger partial charge on any atom is 0.255 e. The van der Waals surface area contributed by atoms with Crippen molar-refractivity contribution in [3.63, 3.8) is 0 Å². The second kappa shape index (κ2) is 6.70. The van der Waals surface area contributed by atoms with Crippen molar-refractivity contribution < 1.29 is 9.53 Å². The van der Waals surface area contributed by atoms with Crippen LogP contribution in [0.3, 0.4) is 0 Å².